The number of hydrogen-bond donors (Lipinski definition) is 2. The Kier molecular flexibility index (Phi) is 12.5. The van der Waals surface area contributed by atoms with Crippen molar-refractivity contribution in [3.8, 4) is 0 Å². The molecule has 0 fully saturated rings. The van der Waals surface area contributed by atoms with Crippen LogP contribution in [0.15, 0.2) is 0 Å². The summed E-state index contributed by atoms with van der Waals surface area (Å²) in [5, 5.41) is 7.42. The summed E-state index contributed by atoms with van der Waals surface area (Å²) in [7, 11) is 0. The largest absolute Gasteiger partial charge is 0.481 e. The van der Waals surface area contributed by atoms with Crippen LogP contribution in [0.4, 0.5) is 0 Å². The number of nitrogens with two attached hydrogens (primary N) is 1. The second-order valence-electron chi connectivity index (χ2n) is 0.927. The van der Waals surface area contributed by atoms with Crippen molar-refractivity contribution in [3.05, 3.63) is 0 Å². The van der Waals surface area contributed by atoms with E-state index >= 15 is 0 Å². The fourth-order valence-corrected chi connectivity index (χ4v) is 0. The Morgan fingerprint density at radius 2 is 1.86 bits per heavy atom. The van der Waals surface area contributed by atoms with E-state index < -0.39 is 5.97 Å². The van der Waals surface area contributed by atoms with E-state index in [2.05, 4.69) is 0 Å². The fourth-order valence-electron chi connectivity index (χ4n) is 0. The van der Waals surface area contributed by atoms with Gasteiger partial charge in [-0.1, -0.05) is 6.92 Å². The lowest BCUT2D eigenvalue weighted by Crippen LogP contribution is -1.87. The van der Waals surface area contributed by atoms with Crippen LogP contribution in [-0.2, 0) is 4.79 Å². The Bertz CT molecular complexity index is 41.0. The monoisotopic (exact) mass is 105 g/mol. The first-order chi connectivity index (χ1) is 3.15. The molecular formula is C4H11NO2. The normalized spacial score (nSPS) is 6.14. The van der Waals surface area contributed by atoms with Crippen molar-refractivity contribution >= 4 is 5.97 Å². The van der Waals surface area contributed by atoms with Crippen molar-refractivity contribution in [2.24, 2.45) is 5.73 Å². The molecule has 0 aromatic heterocycles. The van der Waals surface area contributed by atoms with E-state index in [9.17, 15) is 0 Å². The van der Waals surface area contributed by atoms with E-state index in [1.54, 1.807) is 0 Å². The van der Waals surface area contributed by atoms with Gasteiger partial charge in [0.1, 0.15) is 0 Å². The van der Waals surface area contributed by atoms with Crippen LogP contribution in [0.1, 0.15) is 13.8 Å². The van der Waals surface area contributed by atoms with Crippen LogP contribution in [-0.4, -0.2) is 17.6 Å². The van der Waals surface area contributed by atoms with Gasteiger partial charge in [0.15, 0.2) is 0 Å². The van der Waals surface area contributed by atoms with E-state index in [1.165, 1.54) is 0 Å². The molecule has 0 aromatic carbocycles. The highest BCUT2D eigenvalue weighted by atomic mass is 16.4. The van der Waals surface area contributed by atoms with Crippen molar-refractivity contribution in [1.29, 1.82) is 0 Å². The van der Waals surface area contributed by atoms with Crippen LogP contribution in [0, 0.1) is 0 Å². The zero-order valence-corrected chi connectivity index (χ0v) is 4.64. The molecule has 0 unspecified atom stereocenters. The topological polar surface area (TPSA) is 63.3 Å². The Labute approximate surface area is 43.1 Å². The zero-order chi connectivity index (χ0) is 6.28. The van der Waals surface area contributed by atoms with Gasteiger partial charge >= 0.3 is 0 Å². The lowest BCUT2D eigenvalue weighted by atomic mass is 10.8. The molecule has 0 saturated carbocycles. The van der Waals surface area contributed by atoms with Crippen LogP contribution < -0.4 is 5.73 Å². The second kappa shape index (κ2) is 9.06. The number of rotatable bonds is 0. The van der Waals surface area contributed by atoms with E-state index in [0.717, 1.165) is 13.5 Å². The van der Waals surface area contributed by atoms with Crippen molar-refractivity contribution < 1.29 is 9.90 Å². The molecule has 0 rings (SSSR count). The summed E-state index contributed by atoms with van der Waals surface area (Å²) >= 11 is 0. The molecule has 0 aromatic rings. The minimum Gasteiger partial charge on any atom is -0.481 e. The van der Waals surface area contributed by atoms with Gasteiger partial charge in [-0.05, 0) is 6.54 Å². The van der Waals surface area contributed by atoms with Gasteiger partial charge in [0, 0.05) is 6.92 Å². The van der Waals surface area contributed by atoms with Crippen molar-refractivity contribution in [2.45, 2.75) is 13.8 Å². The lowest BCUT2D eigenvalue weighted by Gasteiger charge is -1.59. The van der Waals surface area contributed by atoms with Crippen molar-refractivity contribution in [3.63, 3.8) is 0 Å². The molecule has 0 saturated heterocycles. The predicted octanol–water partition coefficient (Wildman–Crippen LogP) is 0.0559. The average Bonchev–Trinajstić information content (AvgIpc) is 1.33. The summed E-state index contributed by atoms with van der Waals surface area (Å²) < 4.78 is 0. The summed E-state index contributed by atoms with van der Waals surface area (Å²) in [6.07, 6.45) is 0. The highest BCUT2D eigenvalue weighted by molar-refractivity contribution is 5.62. The predicted molar refractivity (Wildman–Crippen MR) is 28.0 cm³/mol. The first kappa shape index (κ1) is 9.66. The smallest absolute Gasteiger partial charge is 0.300 e. The van der Waals surface area contributed by atoms with Gasteiger partial charge in [0.05, 0.1) is 0 Å². The Morgan fingerprint density at radius 3 is 1.86 bits per heavy atom. The average molecular weight is 105 g/mol. The number of hydrogen-bond acceptors (Lipinski definition) is 2. The first-order valence-electron chi connectivity index (χ1n) is 2.04. The minimum atomic E-state index is -0.833. The van der Waals surface area contributed by atoms with E-state index in [1.807, 2.05) is 6.92 Å². The summed E-state index contributed by atoms with van der Waals surface area (Å²) in [6, 6.07) is 0. The number of carboxylic acids is 1. The van der Waals surface area contributed by atoms with Gasteiger partial charge in [0.2, 0.25) is 0 Å². The van der Waals surface area contributed by atoms with Gasteiger partial charge in [-0.3, -0.25) is 4.79 Å². The Morgan fingerprint density at radius 1 is 1.86 bits per heavy atom. The maximum atomic E-state index is 9.00. The summed E-state index contributed by atoms with van der Waals surface area (Å²) in [6.45, 7) is 3.74. The van der Waals surface area contributed by atoms with E-state index in [-0.39, 0.29) is 0 Å². The lowest BCUT2D eigenvalue weighted by molar-refractivity contribution is -0.134. The number of aliphatic carboxylic acids is 1. The maximum Gasteiger partial charge on any atom is 0.300 e. The molecular weight excluding hydrogens is 94.0 g/mol. The van der Waals surface area contributed by atoms with Gasteiger partial charge in [0.25, 0.3) is 5.97 Å². The van der Waals surface area contributed by atoms with Crippen LogP contribution in [0.5, 0.6) is 0 Å². The molecule has 3 N–H and O–H groups in total. The molecule has 0 aliphatic carbocycles. The zero-order valence-electron chi connectivity index (χ0n) is 4.64. The second-order valence-corrected chi connectivity index (χ2v) is 0.927. The third-order valence-electron chi connectivity index (χ3n) is 0. The van der Waals surface area contributed by atoms with E-state index in [4.69, 9.17) is 15.6 Å². The Hall–Kier alpha value is -0.570. The third kappa shape index (κ3) is 197. The molecule has 0 bridgehead atoms. The number of carboxylic acid groups (broad SMARTS) is 1. The molecule has 3 nitrogen and oxygen atoms in total. The molecule has 3 heteroatoms. The standard InChI is InChI=1S/C2H7N.C2H4O2/c1-2-3;1-2(3)4/h2-3H2,1H3;1H3,(H,3,4). The summed E-state index contributed by atoms with van der Waals surface area (Å²) in [5.41, 5.74) is 4.85. The highest BCUT2D eigenvalue weighted by Gasteiger charge is 1.65. The fraction of sp³-hybridized carbons (Fsp3) is 0.750. The van der Waals surface area contributed by atoms with Crippen LogP contribution in [0.25, 0.3) is 0 Å². The van der Waals surface area contributed by atoms with Gasteiger partial charge in [-0.15, -0.1) is 0 Å². The molecule has 44 valence electrons. The number of carbonyl (C=O) groups is 1. The van der Waals surface area contributed by atoms with Gasteiger partial charge in [-0.25, -0.2) is 0 Å². The third-order valence-corrected chi connectivity index (χ3v) is 0. The van der Waals surface area contributed by atoms with Crippen molar-refractivity contribution in [1.82, 2.24) is 0 Å². The first-order valence-corrected chi connectivity index (χ1v) is 2.04. The van der Waals surface area contributed by atoms with Crippen molar-refractivity contribution in [2.75, 3.05) is 6.54 Å². The summed E-state index contributed by atoms with van der Waals surface area (Å²) in [4.78, 5) is 9.00. The van der Waals surface area contributed by atoms with E-state index in [0.29, 0.717) is 0 Å². The van der Waals surface area contributed by atoms with Gasteiger partial charge in [-0.2, -0.15) is 0 Å². The SMILES string of the molecule is CC(=O)O.CCN. The Balaban J connectivity index is 0. The van der Waals surface area contributed by atoms with Crippen LogP contribution in [0.2, 0.25) is 0 Å². The summed E-state index contributed by atoms with van der Waals surface area (Å²) in [5.74, 6) is -0.833. The molecule has 0 aliphatic rings. The molecule has 0 heterocycles. The van der Waals surface area contributed by atoms with Crippen LogP contribution >= 0.6 is 0 Å². The minimum absolute atomic E-state index is 0.750. The molecule has 0 atom stereocenters. The van der Waals surface area contributed by atoms with Gasteiger partial charge < -0.3 is 10.8 Å². The molecule has 0 radical (unpaired) electrons. The molecule has 0 aliphatic heterocycles. The molecule has 7 heavy (non-hydrogen) atoms. The van der Waals surface area contributed by atoms with Crippen LogP contribution in [0.3, 0.4) is 0 Å². The highest BCUT2D eigenvalue weighted by Crippen LogP contribution is 1.42. The quantitative estimate of drug-likeness (QED) is 0.457. The maximum absolute atomic E-state index is 9.00. The molecule has 0 spiro atoms. The molecule has 0 amide bonds.